The molecule has 2 heterocycles. The number of aromatic carboxylic acids is 1. The van der Waals surface area contributed by atoms with Gasteiger partial charge in [-0.2, -0.15) is 0 Å². The summed E-state index contributed by atoms with van der Waals surface area (Å²) >= 11 is 1.40. The first-order valence-electron chi connectivity index (χ1n) is 4.24. The molecule has 0 aromatic carbocycles. The van der Waals surface area contributed by atoms with Crippen molar-refractivity contribution in [1.82, 2.24) is 9.97 Å². The van der Waals surface area contributed by atoms with Gasteiger partial charge in [0, 0.05) is 20.3 Å². The summed E-state index contributed by atoms with van der Waals surface area (Å²) < 4.78 is 0. The van der Waals surface area contributed by atoms with E-state index in [-0.39, 0.29) is 5.56 Å². The fourth-order valence-electron chi connectivity index (χ4n) is 1.42. The number of carboxylic acid groups (broad SMARTS) is 1. The van der Waals surface area contributed by atoms with Gasteiger partial charge in [0.15, 0.2) is 0 Å². The van der Waals surface area contributed by atoms with Gasteiger partial charge in [-0.25, -0.2) is 14.8 Å². The predicted octanol–water partition coefficient (Wildman–Crippen LogP) is 1.46. The third kappa shape index (κ3) is 1.52. The van der Waals surface area contributed by atoms with Crippen molar-refractivity contribution in [3.63, 3.8) is 0 Å². The molecule has 0 unspecified atom stereocenters. The molecule has 0 fully saturated rings. The summed E-state index contributed by atoms with van der Waals surface area (Å²) in [6.45, 7) is 0. The van der Waals surface area contributed by atoms with Crippen molar-refractivity contribution in [3.8, 4) is 0 Å². The maximum absolute atomic E-state index is 11.0. The highest BCUT2D eigenvalue weighted by Gasteiger charge is 2.17. The average molecular weight is 223 g/mol. The van der Waals surface area contributed by atoms with Gasteiger partial charge < -0.3 is 10.0 Å². The first-order valence-corrected chi connectivity index (χ1v) is 5.12. The topological polar surface area (TPSA) is 66.3 Å². The third-order valence-electron chi connectivity index (χ3n) is 2.02. The Kier molecular flexibility index (Phi) is 2.28. The maximum Gasteiger partial charge on any atom is 0.339 e. The minimum atomic E-state index is -0.985. The van der Waals surface area contributed by atoms with Crippen molar-refractivity contribution in [2.24, 2.45) is 0 Å². The number of thiazole rings is 1. The molecule has 0 amide bonds. The zero-order chi connectivity index (χ0) is 11.0. The van der Waals surface area contributed by atoms with E-state index in [1.807, 2.05) is 0 Å². The highest BCUT2D eigenvalue weighted by atomic mass is 32.1. The molecule has 78 valence electrons. The van der Waals surface area contributed by atoms with Crippen LogP contribution in [0.3, 0.4) is 0 Å². The lowest BCUT2D eigenvalue weighted by Gasteiger charge is -2.15. The summed E-state index contributed by atoms with van der Waals surface area (Å²) in [6, 6.07) is 0. The van der Waals surface area contributed by atoms with Gasteiger partial charge in [0.2, 0.25) is 0 Å². The summed E-state index contributed by atoms with van der Waals surface area (Å²) in [5.74, 6) is -0.985. The Bertz CT molecular complexity index is 521. The van der Waals surface area contributed by atoms with Crippen LogP contribution in [0.5, 0.6) is 0 Å². The summed E-state index contributed by atoms with van der Waals surface area (Å²) in [5.41, 5.74) is 3.09. The molecular formula is C9H9N3O2S. The van der Waals surface area contributed by atoms with Crippen LogP contribution in [-0.4, -0.2) is 35.1 Å². The number of hydrogen-bond donors (Lipinski definition) is 1. The molecule has 2 rings (SSSR count). The van der Waals surface area contributed by atoms with Crippen molar-refractivity contribution in [1.29, 1.82) is 0 Å². The number of aromatic nitrogens is 2. The van der Waals surface area contributed by atoms with Crippen LogP contribution in [0.25, 0.3) is 10.3 Å². The molecule has 2 aromatic heterocycles. The molecule has 0 aliphatic carbocycles. The molecule has 0 saturated heterocycles. The number of rotatable bonds is 2. The number of nitrogens with zero attached hydrogens (tertiary/aromatic N) is 3. The Morgan fingerprint density at radius 2 is 2.20 bits per heavy atom. The van der Waals surface area contributed by atoms with Crippen LogP contribution in [0, 0.1) is 0 Å². The van der Waals surface area contributed by atoms with E-state index < -0.39 is 5.97 Å². The molecule has 0 aliphatic heterocycles. The highest BCUT2D eigenvalue weighted by Crippen LogP contribution is 2.28. The summed E-state index contributed by atoms with van der Waals surface area (Å²) in [6.07, 6.45) is 1.37. The molecule has 6 heteroatoms. The first kappa shape index (κ1) is 9.85. The summed E-state index contributed by atoms with van der Waals surface area (Å²) in [7, 11) is 3.58. The molecule has 5 nitrogen and oxygen atoms in total. The van der Waals surface area contributed by atoms with Crippen LogP contribution in [0.15, 0.2) is 11.7 Å². The first-order chi connectivity index (χ1) is 7.11. The van der Waals surface area contributed by atoms with Crippen LogP contribution >= 0.6 is 11.3 Å². The van der Waals surface area contributed by atoms with Crippen molar-refractivity contribution in [3.05, 3.63) is 17.3 Å². The highest BCUT2D eigenvalue weighted by molar-refractivity contribution is 7.16. The third-order valence-corrected chi connectivity index (χ3v) is 2.75. The fourth-order valence-corrected chi connectivity index (χ4v) is 2.05. The molecule has 0 aliphatic rings. The van der Waals surface area contributed by atoms with Gasteiger partial charge in [0.1, 0.15) is 15.9 Å². The van der Waals surface area contributed by atoms with E-state index in [4.69, 9.17) is 5.11 Å². The van der Waals surface area contributed by atoms with E-state index in [1.165, 1.54) is 17.5 Å². The SMILES string of the molecule is CN(C)c1c(C(=O)O)cnc2scnc12. The molecule has 0 bridgehead atoms. The second kappa shape index (κ2) is 3.47. The van der Waals surface area contributed by atoms with Crippen molar-refractivity contribution < 1.29 is 9.90 Å². The maximum atomic E-state index is 11.0. The molecular weight excluding hydrogens is 214 g/mol. The van der Waals surface area contributed by atoms with Gasteiger partial charge in [-0.3, -0.25) is 0 Å². The number of carbonyl (C=O) groups is 1. The number of anilines is 1. The monoisotopic (exact) mass is 223 g/mol. The number of pyridine rings is 1. The van der Waals surface area contributed by atoms with Gasteiger partial charge >= 0.3 is 5.97 Å². The number of carboxylic acids is 1. The van der Waals surface area contributed by atoms with Crippen LogP contribution in [0.4, 0.5) is 5.69 Å². The smallest absolute Gasteiger partial charge is 0.339 e. The molecule has 0 atom stereocenters. The zero-order valence-electron chi connectivity index (χ0n) is 8.26. The van der Waals surface area contributed by atoms with Crippen LogP contribution < -0.4 is 4.90 Å². The van der Waals surface area contributed by atoms with Gasteiger partial charge in [-0.15, -0.1) is 11.3 Å². The van der Waals surface area contributed by atoms with E-state index in [9.17, 15) is 4.79 Å². The van der Waals surface area contributed by atoms with Gasteiger partial charge in [-0.1, -0.05) is 0 Å². The molecule has 0 radical (unpaired) electrons. The van der Waals surface area contributed by atoms with Crippen LogP contribution in [0.1, 0.15) is 10.4 Å². The van der Waals surface area contributed by atoms with E-state index in [2.05, 4.69) is 9.97 Å². The number of hydrogen-bond acceptors (Lipinski definition) is 5. The van der Waals surface area contributed by atoms with Crippen molar-refractivity contribution in [2.75, 3.05) is 19.0 Å². The predicted molar refractivity (Wildman–Crippen MR) is 58.7 cm³/mol. The van der Waals surface area contributed by atoms with Gasteiger partial charge in [-0.05, 0) is 0 Å². The Labute approximate surface area is 90.0 Å². The molecule has 15 heavy (non-hydrogen) atoms. The molecule has 2 aromatic rings. The summed E-state index contributed by atoms with van der Waals surface area (Å²) in [5, 5.41) is 9.02. The largest absolute Gasteiger partial charge is 0.478 e. The summed E-state index contributed by atoms with van der Waals surface area (Å²) in [4.78, 5) is 21.7. The second-order valence-electron chi connectivity index (χ2n) is 3.23. The Morgan fingerprint density at radius 1 is 1.47 bits per heavy atom. The normalized spacial score (nSPS) is 10.5. The average Bonchev–Trinajstić information content (AvgIpc) is 2.62. The molecule has 0 saturated carbocycles. The quantitative estimate of drug-likeness (QED) is 0.834. The minimum Gasteiger partial charge on any atom is -0.478 e. The van der Waals surface area contributed by atoms with Crippen molar-refractivity contribution >= 4 is 33.3 Å². The lowest BCUT2D eigenvalue weighted by Crippen LogP contribution is -2.14. The lowest BCUT2D eigenvalue weighted by atomic mass is 10.2. The van der Waals surface area contributed by atoms with Crippen LogP contribution in [0.2, 0.25) is 0 Å². The van der Waals surface area contributed by atoms with Crippen LogP contribution in [-0.2, 0) is 0 Å². The minimum absolute atomic E-state index is 0.179. The van der Waals surface area contributed by atoms with E-state index in [1.54, 1.807) is 24.5 Å². The lowest BCUT2D eigenvalue weighted by molar-refractivity contribution is 0.0697. The second-order valence-corrected chi connectivity index (χ2v) is 4.06. The van der Waals surface area contributed by atoms with Crippen molar-refractivity contribution in [2.45, 2.75) is 0 Å². The number of fused-ring (bicyclic) bond motifs is 1. The standard InChI is InChI=1S/C9H9N3O2S/c1-12(2)7-5(9(13)14)3-10-8-6(7)11-4-15-8/h3-4H,1-2H3,(H,13,14). The van der Waals surface area contributed by atoms with E-state index >= 15 is 0 Å². The molecule has 1 N–H and O–H groups in total. The van der Waals surface area contributed by atoms with Gasteiger partial charge in [0.25, 0.3) is 0 Å². The van der Waals surface area contributed by atoms with Gasteiger partial charge in [0.05, 0.1) is 11.2 Å². The van der Waals surface area contributed by atoms with E-state index in [0.29, 0.717) is 11.2 Å². The Morgan fingerprint density at radius 3 is 2.80 bits per heavy atom. The Balaban J connectivity index is 2.81. The fraction of sp³-hybridized carbons (Fsp3) is 0.222. The Hall–Kier alpha value is -1.69. The zero-order valence-corrected chi connectivity index (χ0v) is 9.08. The molecule has 0 spiro atoms. The van der Waals surface area contributed by atoms with E-state index in [0.717, 1.165) is 4.83 Å².